The second-order valence-corrected chi connectivity index (χ2v) is 7.36. The summed E-state index contributed by atoms with van der Waals surface area (Å²) in [6, 6.07) is 22.3. The molecular formula is C24H16ClNO2. The highest BCUT2D eigenvalue weighted by Crippen LogP contribution is 2.44. The van der Waals surface area contributed by atoms with Crippen LogP contribution in [0.4, 0.5) is 0 Å². The lowest BCUT2D eigenvalue weighted by Crippen LogP contribution is -1.94. The second kappa shape index (κ2) is 6.39. The van der Waals surface area contributed by atoms with Gasteiger partial charge in [0.25, 0.3) is 0 Å². The number of nitrogens with zero attached hydrogens (tertiary/aromatic N) is 1. The van der Waals surface area contributed by atoms with Crippen LogP contribution in [0.2, 0.25) is 5.02 Å². The maximum Gasteiger partial charge on any atom is 0.123 e. The van der Waals surface area contributed by atoms with Crippen LogP contribution in [0.15, 0.2) is 72.8 Å². The molecule has 1 heterocycles. The minimum atomic E-state index is 0.233. The van der Waals surface area contributed by atoms with E-state index in [2.05, 4.69) is 0 Å². The number of benzene rings is 3. The number of aromatic nitrogens is 1. The normalized spacial score (nSPS) is 11.9. The molecule has 0 amide bonds. The van der Waals surface area contributed by atoms with E-state index in [4.69, 9.17) is 16.6 Å². The fourth-order valence-electron chi connectivity index (χ4n) is 3.83. The van der Waals surface area contributed by atoms with Crippen molar-refractivity contribution < 1.29 is 10.2 Å². The highest BCUT2D eigenvalue weighted by Gasteiger charge is 2.25. The van der Waals surface area contributed by atoms with Crippen molar-refractivity contribution in [2.75, 3.05) is 0 Å². The van der Waals surface area contributed by atoms with Crippen molar-refractivity contribution in [2.24, 2.45) is 0 Å². The van der Waals surface area contributed by atoms with E-state index >= 15 is 0 Å². The monoisotopic (exact) mass is 385 g/mol. The van der Waals surface area contributed by atoms with Gasteiger partial charge in [-0.15, -0.1) is 0 Å². The van der Waals surface area contributed by atoms with Gasteiger partial charge in [0.1, 0.15) is 11.5 Å². The Bertz CT molecular complexity index is 1220. The predicted molar refractivity (Wildman–Crippen MR) is 112 cm³/mol. The summed E-state index contributed by atoms with van der Waals surface area (Å²) in [6.45, 7) is 0. The van der Waals surface area contributed by atoms with Crippen molar-refractivity contribution in [3.8, 4) is 45.1 Å². The molecule has 0 unspecified atom stereocenters. The fourth-order valence-corrected chi connectivity index (χ4v) is 3.96. The van der Waals surface area contributed by atoms with Crippen molar-refractivity contribution >= 4 is 11.6 Å². The molecule has 4 aromatic rings. The molecule has 0 saturated carbocycles. The van der Waals surface area contributed by atoms with Crippen LogP contribution in [0.1, 0.15) is 11.1 Å². The topological polar surface area (TPSA) is 53.4 Å². The molecule has 136 valence electrons. The molecule has 3 aromatic carbocycles. The third-order valence-electron chi connectivity index (χ3n) is 5.17. The van der Waals surface area contributed by atoms with Gasteiger partial charge in [-0.25, -0.2) is 4.98 Å². The molecule has 1 aliphatic carbocycles. The van der Waals surface area contributed by atoms with Crippen molar-refractivity contribution in [2.45, 2.75) is 6.42 Å². The van der Waals surface area contributed by atoms with Gasteiger partial charge in [-0.1, -0.05) is 41.9 Å². The molecule has 2 N–H and O–H groups in total. The number of para-hydroxylation sites is 1. The average molecular weight is 386 g/mol. The van der Waals surface area contributed by atoms with Gasteiger partial charge in [0, 0.05) is 28.1 Å². The number of pyridine rings is 1. The first-order valence-corrected chi connectivity index (χ1v) is 9.38. The molecule has 5 rings (SSSR count). The first-order valence-electron chi connectivity index (χ1n) is 9.00. The van der Waals surface area contributed by atoms with E-state index in [1.807, 2.05) is 54.6 Å². The Morgan fingerprint density at radius 3 is 2.36 bits per heavy atom. The predicted octanol–water partition coefficient (Wildman–Crippen LogP) is 6.05. The molecule has 0 radical (unpaired) electrons. The molecule has 0 saturated heterocycles. The summed E-state index contributed by atoms with van der Waals surface area (Å²) in [5, 5.41) is 21.0. The van der Waals surface area contributed by atoms with Crippen molar-refractivity contribution in [1.29, 1.82) is 0 Å². The lowest BCUT2D eigenvalue weighted by molar-refractivity contribution is 0.474. The lowest BCUT2D eigenvalue weighted by Gasteiger charge is -2.13. The molecule has 0 atom stereocenters. The number of rotatable bonds is 2. The molecule has 28 heavy (non-hydrogen) atoms. The van der Waals surface area contributed by atoms with Crippen LogP contribution in [0.3, 0.4) is 0 Å². The van der Waals surface area contributed by atoms with Gasteiger partial charge < -0.3 is 10.2 Å². The van der Waals surface area contributed by atoms with Gasteiger partial charge >= 0.3 is 0 Å². The number of halogens is 1. The Morgan fingerprint density at radius 2 is 1.57 bits per heavy atom. The lowest BCUT2D eigenvalue weighted by atomic mass is 9.95. The van der Waals surface area contributed by atoms with Crippen LogP contribution >= 0.6 is 11.6 Å². The Balaban J connectivity index is 1.79. The summed E-state index contributed by atoms with van der Waals surface area (Å²) in [7, 11) is 0. The number of phenols is 2. The summed E-state index contributed by atoms with van der Waals surface area (Å²) in [4.78, 5) is 4.93. The Morgan fingerprint density at radius 1 is 0.786 bits per heavy atom. The molecular weight excluding hydrogens is 370 g/mol. The van der Waals surface area contributed by atoms with E-state index in [0.29, 0.717) is 11.4 Å². The first-order chi connectivity index (χ1) is 13.6. The zero-order chi connectivity index (χ0) is 19.3. The molecule has 1 aliphatic rings. The van der Waals surface area contributed by atoms with Gasteiger partial charge in [0.2, 0.25) is 0 Å². The van der Waals surface area contributed by atoms with Crippen LogP contribution in [0, 0.1) is 0 Å². The maximum absolute atomic E-state index is 10.5. The van der Waals surface area contributed by atoms with E-state index in [1.54, 1.807) is 18.2 Å². The summed E-state index contributed by atoms with van der Waals surface area (Å²) in [6.07, 6.45) is 0.663. The van der Waals surface area contributed by atoms with E-state index < -0.39 is 0 Å². The molecule has 0 aliphatic heterocycles. The number of aromatic hydroxyl groups is 2. The van der Waals surface area contributed by atoms with E-state index in [9.17, 15) is 10.2 Å². The van der Waals surface area contributed by atoms with Crippen LogP contribution in [-0.4, -0.2) is 15.2 Å². The Labute approximate surface area is 167 Å². The highest BCUT2D eigenvalue weighted by atomic mass is 35.5. The van der Waals surface area contributed by atoms with Crippen LogP contribution in [-0.2, 0) is 6.42 Å². The molecule has 0 fully saturated rings. The quantitative estimate of drug-likeness (QED) is 0.389. The van der Waals surface area contributed by atoms with Crippen LogP contribution in [0.25, 0.3) is 33.6 Å². The molecule has 3 nitrogen and oxygen atoms in total. The van der Waals surface area contributed by atoms with Gasteiger partial charge in [0.05, 0.1) is 11.4 Å². The number of hydrogen-bond acceptors (Lipinski definition) is 3. The van der Waals surface area contributed by atoms with Gasteiger partial charge in [-0.05, 0) is 59.2 Å². The number of hydrogen-bond donors (Lipinski definition) is 2. The first kappa shape index (κ1) is 16.8. The molecule has 0 spiro atoms. The third-order valence-corrected chi connectivity index (χ3v) is 5.42. The smallest absolute Gasteiger partial charge is 0.123 e. The summed E-state index contributed by atoms with van der Waals surface area (Å²) in [5.41, 5.74) is 7.48. The SMILES string of the molecule is Oc1ccc2c(c1)Cc1c(-c3ccccc3O)cc(-c3ccc(Cl)cc3)nc1-2. The van der Waals surface area contributed by atoms with Crippen molar-refractivity contribution in [1.82, 2.24) is 4.98 Å². The minimum absolute atomic E-state index is 0.233. The maximum atomic E-state index is 10.5. The summed E-state index contributed by atoms with van der Waals surface area (Å²) in [5.74, 6) is 0.477. The van der Waals surface area contributed by atoms with Crippen molar-refractivity contribution in [3.63, 3.8) is 0 Å². The summed E-state index contributed by atoms with van der Waals surface area (Å²) < 4.78 is 0. The summed E-state index contributed by atoms with van der Waals surface area (Å²) >= 11 is 6.05. The average Bonchev–Trinajstić information content (AvgIpc) is 3.06. The molecule has 4 heteroatoms. The fraction of sp³-hybridized carbons (Fsp3) is 0.0417. The van der Waals surface area contributed by atoms with Gasteiger partial charge in [-0.3, -0.25) is 0 Å². The van der Waals surface area contributed by atoms with E-state index in [0.717, 1.165) is 44.8 Å². The van der Waals surface area contributed by atoms with Gasteiger partial charge in [0.15, 0.2) is 0 Å². The highest BCUT2D eigenvalue weighted by molar-refractivity contribution is 6.30. The van der Waals surface area contributed by atoms with E-state index in [-0.39, 0.29) is 11.5 Å². The van der Waals surface area contributed by atoms with Crippen LogP contribution < -0.4 is 0 Å². The zero-order valence-corrected chi connectivity index (χ0v) is 15.6. The minimum Gasteiger partial charge on any atom is -0.508 e. The second-order valence-electron chi connectivity index (χ2n) is 6.92. The number of fused-ring (bicyclic) bond motifs is 3. The van der Waals surface area contributed by atoms with E-state index in [1.165, 1.54) is 0 Å². The third kappa shape index (κ3) is 2.72. The Hall–Kier alpha value is -3.30. The number of phenolic OH excluding ortho intramolecular Hbond substituents is 2. The standard InChI is InChI=1S/C24H16ClNO2/c25-16-7-5-14(6-8-16)22-13-20(19-3-1-2-4-23(19)28)21-12-15-11-17(27)9-10-18(15)24(21)26-22/h1-11,13,27-28H,12H2. The van der Waals surface area contributed by atoms with Crippen LogP contribution in [0.5, 0.6) is 11.5 Å². The zero-order valence-electron chi connectivity index (χ0n) is 14.9. The molecule has 1 aromatic heterocycles. The Kier molecular flexibility index (Phi) is 3.85. The molecule has 0 bridgehead atoms. The largest absolute Gasteiger partial charge is 0.508 e. The van der Waals surface area contributed by atoms with Gasteiger partial charge in [-0.2, -0.15) is 0 Å². The van der Waals surface area contributed by atoms with Crippen molar-refractivity contribution in [3.05, 3.63) is 88.9 Å².